The van der Waals surface area contributed by atoms with Crippen molar-refractivity contribution >= 4 is 17.0 Å². The molecule has 3 heterocycles. The second-order valence-electron chi connectivity index (χ2n) is 10.2. The number of imidazole rings is 1. The molecule has 1 aromatic heterocycles. The number of rotatable bonds is 6. The van der Waals surface area contributed by atoms with Crippen molar-refractivity contribution in [2.75, 3.05) is 13.2 Å². The standard InChI is InChI=1S/C28H33N3O2/c1-3-33-27(32)28(20-9-5-4-6-10-20)17-21(28)18-30-22-13-14-23(30)16-24(15-22)31-19(2)29-25-11-7-8-12-26(25)31/h4-12,21-24H,3,13-18H2,1-2H3/t21-,22?,23?,24?,28+/m0/s1. The van der Waals surface area contributed by atoms with Gasteiger partial charge in [-0.05, 0) is 69.6 Å². The van der Waals surface area contributed by atoms with Crippen LogP contribution in [0.2, 0.25) is 0 Å². The third kappa shape index (κ3) is 3.31. The summed E-state index contributed by atoms with van der Waals surface area (Å²) in [7, 11) is 0. The van der Waals surface area contributed by atoms with Gasteiger partial charge in [-0.1, -0.05) is 42.5 Å². The van der Waals surface area contributed by atoms with Gasteiger partial charge in [0.2, 0.25) is 0 Å². The number of nitrogens with zero attached hydrogens (tertiary/aromatic N) is 3. The SMILES string of the molecule is CCOC(=O)[C@@]1(c2ccccc2)C[C@H]1CN1C2CCC1CC(n1c(C)nc3ccccc31)C2. The summed E-state index contributed by atoms with van der Waals surface area (Å²) in [4.78, 5) is 20.6. The molecule has 2 bridgehead atoms. The Morgan fingerprint density at radius 3 is 2.45 bits per heavy atom. The van der Waals surface area contributed by atoms with Crippen LogP contribution in [0, 0.1) is 12.8 Å². The summed E-state index contributed by atoms with van der Waals surface area (Å²) in [6.45, 7) is 5.49. The largest absolute Gasteiger partial charge is 0.465 e. The van der Waals surface area contributed by atoms with Crippen LogP contribution in [-0.2, 0) is 14.9 Å². The fourth-order valence-electron chi connectivity index (χ4n) is 6.90. The summed E-state index contributed by atoms with van der Waals surface area (Å²) in [5, 5.41) is 0. The Hall–Kier alpha value is -2.66. The lowest BCUT2D eigenvalue weighted by atomic mass is 9.91. The van der Waals surface area contributed by atoms with Crippen LogP contribution in [0.5, 0.6) is 0 Å². The van der Waals surface area contributed by atoms with E-state index in [1.54, 1.807) is 0 Å². The molecule has 1 aliphatic carbocycles. The van der Waals surface area contributed by atoms with Crippen molar-refractivity contribution in [2.24, 2.45) is 5.92 Å². The Morgan fingerprint density at radius 2 is 1.73 bits per heavy atom. The van der Waals surface area contributed by atoms with Gasteiger partial charge in [-0.2, -0.15) is 0 Å². The number of para-hydroxylation sites is 2. The lowest BCUT2D eigenvalue weighted by molar-refractivity contribution is -0.146. The highest BCUT2D eigenvalue weighted by atomic mass is 16.5. The van der Waals surface area contributed by atoms with Gasteiger partial charge >= 0.3 is 5.97 Å². The van der Waals surface area contributed by atoms with Crippen molar-refractivity contribution in [3.63, 3.8) is 0 Å². The lowest BCUT2D eigenvalue weighted by Gasteiger charge is -2.40. The Morgan fingerprint density at radius 1 is 1.03 bits per heavy atom. The number of aromatic nitrogens is 2. The first-order valence-corrected chi connectivity index (χ1v) is 12.5. The van der Waals surface area contributed by atoms with Gasteiger partial charge in [-0.15, -0.1) is 0 Å². The van der Waals surface area contributed by atoms with Gasteiger partial charge in [-0.3, -0.25) is 9.69 Å². The molecule has 3 aliphatic rings. The fourth-order valence-corrected chi connectivity index (χ4v) is 6.90. The van der Waals surface area contributed by atoms with E-state index in [1.807, 2.05) is 25.1 Å². The van der Waals surface area contributed by atoms with Crippen LogP contribution >= 0.6 is 0 Å². The maximum atomic E-state index is 13.1. The van der Waals surface area contributed by atoms with Gasteiger partial charge in [0.1, 0.15) is 5.82 Å². The normalized spacial score (nSPS) is 31.1. The van der Waals surface area contributed by atoms with E-state index in [2.05, 4.69) is 52.8 Å². The third-order valence-corrected chi connectivity index (χ3v) is 8.46. The van der Waals surface area contributed by atoms with Gasteiger partial charge in [0.25, 0.3) is 0 Å². The topological polar surface area (TPSA) is 47.4 Å². The molecule has 2 aliphatic heterocycles. The number of hydrogen-bond acceptors (Lipinski definition) is 4. The Bertz CT molecular complexity index is 1160. The number of ether oxygens (including phenoxy) is 1. The highest BCUT2D eigenvalue weighted by molar-refractivity contribution is 5.87. The average molecular weight is 444 g/mol. The molecule has 2 saturated heterocycles. The molecule has 0 spiro atoms. The molecule has 172 valence electrons. The number of esters is 1. The molecule has 0 amide bonds. The minimum atomic E-state index is -0.454. The van der Waals surface area contributed by atoms with Crippen LogP contribution < -0.4 is 0 Å². The molecule has 2 aromatic carbocycles. The van der Waals surface area contributed by atoms with Crippen LogP contribution in [0.3, 0.4) is 0 Å². The van der Waals surface area contributed by atoms with Crippen LogP contribution in [-0.4, -0.2) is 45.7 Å². The van der Waals surface area contributed by atoms with E-state index in [0.717, 1.165) is 29.9 Å². The smallest absolute Gasteiger partial charge is 0.316 e. The molecule has 3 fully saturated rings. The van der Waals surface area contributed by atoms with Crippen LogP contribution in [0.4, 0.5) is 0 Å². The summed E-state index contributed by atoms with van der Waals surface area (Å²) in [5.41, 5.74) is 3.03. The number of aryl methyl sites for hydroxylation is 1. The summed E-state index contributed by atoms with van der Waals surface area (Å²) >= 11 is 0. The molecule has 5 nitrogen and oxygen atoms in total. The molecule has 4 atom stereocenters. The van der Waals surface area contributed by atoms with Gasteiger partial charge < -0.3 is 9.30 Å². The van der Waals surface area contributed by atoms with Gasteiger partial charge in [-0.25, -0.2) is 4.98 Å². The number of piperidine rings is 1. The quantitative estimate of drug-likeness (QED) is 0.501. The fraction of sp³-hybridized carbons (Fsp3) is 0.500. The second-order valence-corrected chi connectivity index (χ2v) is 10.2. The van der Waals surface area contributed by atoms with E-state index in [1.165, 1.54) is 31.2 Å². The van der Waals surface area contributed by atoms with E-state index < -0.39 is 5.41 Å². The average Bonchev–Trinajstić information content (AvgIpc) is 3.39. The van der Waals surface area contributed by atoms with Gasteiger partial charge in [0.15, 0.2) is 0 Å². The monoisotopic (exact) mass is 443 g/mol. The summed E-state index contributed by atoms with van der Waals surface area (Å²) in [6.07, 6.45) is 5.76. The van der Waals surface area contributed by atoms with E-state index in [9.17, 15) is 4.79 Å². The van der Waals surface area contributed by atoms with E-state index in [-0.39, 0.29) is 5.97 Å². The predicted molar refractivity (Wildman–Crippen MR) is 129 cm³/mol. The Kier molecular flexibility index (Phi) is 5.06. The highest BCUT2D eigenvalue weighted by Gasteiger charge is 2.63. The first-order valence-electron chi connectivity index (χ1n) is 12.5. The number of carbonyl (C=O) groups is 1. The zero-order chi connectivity index (χ0) is 22.6. The lowest BCUT2D eigenvalue weighted by Crippen LogP contribution is -2.45. The minimum Gasteiger partial charge on any atom is -0.465 e. The molecule has 33 heavy (non-hydrogen) atoms. The predicted octanol–water partition coefficient (Wildman–Crippen LogP) is 5.03. The number of carbonyl (C=O) groups excluding carboxylic acids is 1. The van der Waals surface area contributed by atoms with Crippen molar-refractivity contribution in [3.05, 3.63) is 66.0 Å². The zero-order valence-electron chi connectivity index (χ0n) is 19.6. The van der Waals surface area contributed by atoms with E-state index in [0.29, 0.717) is 30.7 Å². The minimum absolute atomic E-state index is 0.0380. The Balaban J connectivity index is 1.22. The van der Waals surface area contributed by atoms with Gasteiger partial charge in [0, 0.05) is 24.7 Å². The van der Waals surface area contributed by atoms with Crippen molar-refractivity contribution in [1.29, 1.82) is 0 Å². The molecule has 6 rings (SSSR count). The number of benzene rings is 2. The van der Waals surface area contributed by atoms with E-state index >= 15 is 0 Å². The van der Waals surface area contributed by atoms with Crippen molar-refractivity contribution in [3.8, 4) is 0 Å². The van der Waals surface area contributed by atoms with Crippen LogP contribution in [0.15, 0.2) is 54.6 Å². The molecule has 1 saturated carbocycles. The third-order valence-electron chi connectivity index (χ3n) is 8.46. The maximum absolute atomic E-state index is 13.1. The first kappa shape index (κ1) is 20.9. The van der Waals surface area contributed by atoms with Crippen molar-refractivity contribution in [1.82, 2.24) is 14.5 Å². The highest BCUT2D eigenvalue weighted by Crippen LogP contribution is 2.57. The molecule has 2 unspecified atom stereocenters. The van der Waals surface area contributed by atoms with Gasteiger partial charge in [0.05, 0.1) is 23.1 Å². The number of hydrogen-bond donors (Lipinski definition) is 0. The van der Waals surface area contributed by atoms with Crippen LogP contribution in [0.1, 0.15) is 56.5 Å². The molecule has 5 heteroatoms. The molecular weight excluding hydrogens is 410 g/mol. The molecular formula is C28H33N3O2. The molecule has 0 N–H and O–H groups in total. The van der Waals surface area contributed by atoms with Crippen molar-refractivity contribution in [2.45, 2.75) is 69.5 Å². The Labute approximate surface area is 195 Å². The summed E-state index contributed by atoms with van der Waals surface area (Å²) in [5.74, 6) is 1.43. The number of fused-ring (bicyclic) bond motifs is 3. The summed E-state index contributed by atoms with van der Waals surface area (Å²) < 4.78 is 8.05. The second kappa shape index (κ2) is 7.98. The maximum Gasteiger partial charge on any atom is 0.316 e. The van der Waals surface area contributed by atoms with Crippen LogP contribution in [0.25, 0.3) is 11.0 Å². The zero-order valence-corrected chi connectivity index (χ0v) is 19.6. The molecule has 0 radical (unpaired) electrons. The molecule has 3 aromatic rings. The van der Waals surface area contributed by atoms with E-state index in [4.69, 9.17) is 9.72 Å². The summed E-state index contributed by atoms with van der Waals surface area (Å²) in [6, 6.07) is 20.5. The first-order chi connectivity index (χ1) is 16.1. The van der Waals surface area contributed by atoms with Crippen molar-refractivity contribution < 1.29 is 9.53 Å².